The summed E-state index contributed by atoms with van der Waals surface area (Å²) in [7, 11) is 0. The van der Waals surface area contributed by atoms with Crippen LogP contribution in [0.25, 0.3) is 0 Å². The third kappa shape index (κ3) is 1.37. The van der Waals surface area contributed by atoms with E-state index in [9.17, 15) is 4.79 Å². The summed E-state index contributed by atoms with van der Waals surface area (Å²) in [5.74, 6) is -0.205. The van der Waals surface area contributed by atoms with Gasteiger partial charge in [0.1, 0.15) is 6.10 Å². The smallest absolute Gasteiger partial charge is 0.339 e. The number of hydrogen-bond acceptors (Lipinski definition) is 2. The average Bonchev–Trinajstić information content (AvgIpc) is 2.43. The highest BCUT2D eigenvalue weighted by Crippen LogP contribution is 2.34. The molecule has 1 unspecified atom stereocenters. The third-order valence-corrected chi connectivity index (χ3v) is 2.70. The van der Waals surface area contributed by atoms with Crippen LogP contribution in [0.4, 0.5) is 0 Å². The Kier molecular flexibility index (Phi) is 2.12. The summed E-state index contributed by atoms with van der Waals surface area (Å²) in [5.41, 5.74) is 1.71. The second-order valence-electron chi connectivity index (χ2n) is 3.03. The first-order valence-electron chi connectivity index (χ1n) is 4.22. The van der Waals surface area contributed by atoms with Crippen molar-refractivity contribution in [2.75, 3.05) is 0 Å². The van der Waals surface area contributed by atoms with Gasteiger partial charge in [0.2, 0.25) is 0 Å². The molecule has 3 heteroatoms. The molecule has 1 aromatic carbocycles. The fourth-order valence-electron chi connectivity index (χ4n) is 1.55. The summed E-state index contributed by atoms with van der Waals surface area (Å²) in [4.78, 5) is 11.3. The van der Waals surface area contributed by atoms with E-state index in [1.165, 1.54) is 0 Å². The van der Waals surface area contributed by atoms with Crippen LogP contribution < -0.4 is 0 Å². The van der Waals surface area contributed by atoms with Gasteiger partial charge >= 0.3 is 5.97 Å². The van der Waals surface area contributed by atoms with Crippen molar-refractivity contribution in [3.8, 4) is 0 Å². The Labute approximate surface area is 85.0 Å². The standard InChI is InChI=1S/C10H9BrO2/c1-2-9-7-4-3-6(11)5-8(7)10(12)13-9/h3-5,9H,2H2,1H3. The van der Waals surface area contributed by atoms with Crippen LogP contribution in [-0.2, 0) is 4.74 Å². The Morgan fingerprint density at radius 1 is 1.54 bits per heavy atom. The van der Waals surface area contributed by atoms with Gasteiger partial charge in [-0.2, -0.15) is 0 Å². The zero-order valence-electron chi connectivity index (χ0n) is 7.21. The number of esters is 1. The van der Waals surface area contributed by atoms with Crippen LogP contribution in [0.1, 0.15) is 35.4 Å². The molecule has 0 amide bonds. The molecule has 2 nitrogen and oxygen atoms in total. The predicted octanol–water partition coefficient (Wildman–Crippen LogP) is 3.07. The molecule has 0 radical (unpaired) electrons. The first kappa shape index (κ1) is 8.75. The molecule has 0 bridgehead atoms. The molecule has 1 aromatic rings. The second-order valence-corrected chi connectivity index (χ2v) is 3.95. The fraction of sp³-hybridized carbons (Fsp3) is 0.300. The Bertz CT molecular complexity index is 360. The van der Waals surface area contributed by atoms with Crippen LogP contribution in [0.2, 0.25) is 0 Å². The zero-order valence-corrected chi connectivity index (χ0v) is 8.80. The van der Waals surface area contributed by atoms with E-state index in [0.29, 0.717) is 5.56 Å². The molecule has 0 fully saturated rings. The molecule has 0 spiro atoms. The van der Waals surface area contributed by atoms with Crippen LogP contribution in [0.3, 0.4) is 0 Å². The number of benzene rings is 1. The lowest BCUT2D eigenvalue weighted by molar-refractivity contribution is 0.0378. The van der Waals surface area contributed by atoms with E-state index < -0.39 is 0 Å². The molecule has 1 atom stereocenters. The van der Waals surface area contributed by atoms with E-state index in [4.69, 9.17) is 4.74 Å². The maximum absolute atomic E-state index is 11.3. The Morgan fingerprint density at radius 2 is 2.31 bits per heavy atom. The predicted molar refractivity (Wildman–Crippen MR) is 52.6 cm³/mol. The van der Waals surface area contributed by atoms with Gasteiger partial charge in [-0.15, -0.1) is 0 Å². The van der Waals surface area contributed by atoms with Gasteiger partial charge in [0, 0.05) is 10.0 Å². The molecule has 1 aliphatic heterocycles. The van der Waals surface area contributed by atoms with Crippen molar-refractivity contribution in [1.82, 2.24) is 0 Å². The summed E-state index contributed by atoms with van der Waals surface area (Å²) >= 11 is 3.33. The highest BCUT2D eigenvalue weighted by molar-refractivity contribution is 9.10. The van der Waals surface area contributed by atoms with E-state index in [2.05, 4.69) is 15.9 Å². The van der Waals surface area contributed by atoms with Crippen molar-refractivity contribution < 1.29 is 9.53 Å². The van der Waals surface area contributed by atoms with Crippen LogP contribution in [0.5, 0.6) is 0 Å². The van der Waals surface area contributed by atoms with Gasteiger partial charge in [-0.05, 0) is 18.6 Å². The van der Waals surface area contributed by atoms with Gasteiger partial charge in [-0.3, -0.25) is 0 Å². The minimum absolute atomic E-state index is 0.0457. The lowest BCUT2D eigenvalue weighted by Gasteiger charge is -2.05. The number of halogens is 1. The molecule has 0 aromatic heterocycles. The van der Waals surface area contributed by atoms with E-state index >= 15 is 0 Å². The maximum Gasteiger partial charge on any atom is 0.339 e. The normalized spacial score (nSPS) is 19.8. The fourth-order valence-corrected chi connectivity index (χ4v) is 1.91. The summed E-state index contributed by atoms with van der Waals surface area (Å²) in [6.45, 7) is 2.01. The van der Waals surface area contributed by atoms with Crippen molar-refractivity contribution in [3.63, 3.8) is 0 Å². The quantitative estimate of drug-likeness (QED) is 0.706. The number of fused-ring (bicyclic) bond motifs is 1. The van der Waals surface area contributed by atoms with Gasteiger partial charge < -0.3 is 4.74 Å². The van der Waals surface area contributed by atoms with Gasteiger partial charge in [0.15, 0.2) is 0 Å². The van der Waals surface area contributed by atoms with Gasteiger partial charge in [0.25, 0.3) is 0 Å². The number of cyclic esters (lactones) is 1. The topological polar surface area (TPSA) is 26.3 Å². The molecule has 0 saturated carbocycles. The molecule has 1 aliphatic rings. The van der Waals surface area contributed by atoms with Gasteiger partial charge in [-0.1, -0.05) is 28.9 Å². The van der Waals surface area contributed by atoms with Crippen LogP contribution in [0, 0.1) is 0 Å². The molecule has 2 rings (SSSR count). The Balaban J connectivity index is 2.52. The zero-order chi connectivity index (χ0) is 9.42. The van der Waals surface area contributed by atoms with Crippen LogP contribution in [0.15, 0.2) is 22.7 Å². The molecule has 0 aliphatic carbocycles. The highest BCUT2D eigenvalue weighted by atomic mass is 79.9. The van der Waals surface area contributed by atoms with E-state index in [1.807, 2.05) is 25.1 Å². The molecule has 1 heterocycles. The Morgan fingerprint density at radius 3 is 3.00 bits per heavy atom. The van der Waals surface area contributed by atoms with Crippen molar-refractivity contribution in [1.29, 1.82) is 0 Å². The number of rotatable bonds is 1. The molecular weight excluding hydrogens is 232 g/mol. The third-order valence-electron chi connectivity index (χ3n) is 2.20. The minimum Gasteiger partial charge on any atom is -0.454 e. The number of carbonyl (C=O) groups excluding carboxylic acids is 1. The monoisotopic (exact) mass is 240 g/mol. The molecule has 68 valence electrons. The number of ether oxygens (including phenoxy) is 1. The SMILES string of the molecule is CCC1OC(=O)c2cc(Br)ccc21. The van der Waals surface area contributed by atoms with Crippen molar-refractivity contribution in [2.24, 2.45) is 0 Å². The van der Waals surface area contributed by atoms with E-state index in [1.54, 1.807) is 0 Å². The lowest BCUT2D eigenvalue weighted by Crippen LogP contribution is -1.96. The first-order chi connectivity index (χ1) is 6.22. The molecule has 0 saturated heterocycles. The van der Waals surface area contributed by atoms with Crippen LogP contribution >= 0.6 is 15.9 Å². The summed E-state index contributed by atoms with van der Waals surface area (Å²) < 4.78 is 6.09. The maximum atomic E-state index is 11.3. The highest BCUT2D eigenvalue weighted by Gasteiger charge is 2.29. The summed E-state index contributed by atoms with van der Waals surface area (Å²) in [6.07, 6.45) is 0.788. The minimum atomic E-state index is -0.205. The van der Waals surface area contributed by atoms with Crippen molar-refractivity contribution >= 4 is 21.9 Å². The molecular formula is C10H9BrO2. The largest absolute Gasteiger partial charge is 0.454 e. The first-order valence-corrected chi connectivity index (χ1v) is 5.02. The van der Waals surface area contributed by atoms with Crippen molar-refractivity contribution in [2.45, 2.75) is 19.4 Å². The number of hydrogen-bond donors (Lipinski definition) is 0. The van der Waals surface area contributed by atoms with Crippen LogP contribution in [-0.4, -0.2) is 5.97 Å². The molecule has 13 heavy (non-hydrogen) atoms. The van der Waals surface area contributed by atoms with Gasteiger partial charge in [0.05, 0.1) is 5.56 Å². The second kappa shape index (κ2) is 3.14. The number of carbonyl (C=O) groups is 1. The summed E-state index contributed by atoms with van der Waals surface area (Å²) in [6, 6.07) is 5.69. The van der Waals surface area contributed by atoms with Gasteiger partial charge in [-0.25, -0.2) is 4.79 Å². The average molecular weight is 241 g/mol. The van der Waals surface area contributed by atoms with E-state index in [-0.39, 0.29) is 12.1 Å². The Hall–Kier alpha value is -0.830. The summed E-state index contributed by atoms with van der Waals surface area (Å²) in [5, 5.41) is 0. The molecule has 0 N–H and O–H groups in total. The van der Waals surface area contributed by atoms with E-state index in [0.717, 1.165) is 16.5 Å². The van der Waals surface area contributed by atoms with Crippen molar-refractivity contribution in [3.05, 3.63) is 33.8 Å². The lowest BCUT2D eigenvalue weighted by atomic mass is 10.0.